The van der Waals surface area contributed by atoms with Crippen LogP contribution in [0.2, 0.25) is 0 Å². The second-order valence-electron chi connectivity index (χ2n) is 4.95. The predicted octanol–water partition coefficient (Wildman–Crippen LogP) is 4.76. The molecule has 0 aliphatic heterocycles. The average molecular weight is 319 g/mol. The third kappa shape index (κ3) is 3.70. The highest BCUT2D eigenvalue weighted by Gasteiger charge is 2.23. The number of nitrogens with two attached hydrogens (primary N) is 1. The molecule has 1 fully saturated rings. The number of halogens is 2. The molecule has 1 aromatic carbocycles. The van der Waals surface area contributed by atoms with Gasteiger partial charge in [0, 0.05) is 10.5 Å². The van der Waals surface area contributed by atoms with Crippen molar-refractivity contribution in [1.29, 1.82) is 0 Å². The van der Waals surface area contributed by atoms with Crippen molar-refractivity contribution in [3.63, 3.8) is 0 Å². The second kappa shape index (κ2) is 6.77. The van der Waals surface area contributed by atoms with Gasteiger partial charge in [0.15, 0.2) is 0 Å². The second-order valence-corrected chi connectivity index (χ2v) is 5.80. The molecular weight excluding hydrogens is 298 g/mol. The smallest absolute Gasteiger partial charge is 0.0334 e. The Hall–Kier alpha value is -0.0500. The van der Waals surface area contributed by atoms with E-state index in [0.29, 0.717) is 5.92 Å². The lowest BCUT2D eigenvalue weighted by Crippen LogP contribution is -2.23. The predicted molar refractivity (Wildman–Crippen MR) is 79.6 cm³/mol. The van der Waals surface area contributed by atoms with E-state index in [2.05, 4.69) is 41.1 Å². The van der Waals surface area contributed by atoms with Crippen molar-refractivity contribution in [2.24, 2.45) is 11.7 Å². The van der Waals surface area contributed by atoms with Crippen LogP contribution in [0.4, 0.5) is 0 Å². The first kappa shape index (κ1) is 15.0. The SMILES string of the molecule is Cc1ccc([C@H](N)C2CCCCC2)c(Br)c1.Cl. The van der Waals surface area contributed by atoms with Crippen LogP contribution in [0.25, 0.3) is 0 Å². The number of benzene rings is 1. The first-order valence-corrected chi connectivity index (χ1v) is 6.99. The first-order valence-electron chi connectivity index (χ1n) is 6.20. The van der Waals surface area contributed by atoms with Gasteiger partial charge in [0.05, 0.1) is 0 Å². The lowest BCUT2D eigenvalue weighted by Gasteiger charge is -2.28. The molecule has 0 unspecified atom stereocenters. The van der Waals surface area contributed by atoms with E-state index in [4.69, 9.17) is 5.73 Å². The molecule has 2 N–H and O–H groups in total. The summed E-state index contributed by atoms with van der Waals surface area (Å²) in [6.45, 7) is 2.11. The molecule has 0 amide bonds. The highest BCUT2D eigenvalue weighted by atomic mass is 79.9. The van der Waals surface area contributed by atoms with Crippen LogP contribution in [0.5, 0.6) is 0 Å². The van der Waals surface area contributed by atoms with Gasteiger partial charge in [0.1, 0.15) is 0 Å². The third-order valence-corrected chi connectivity index (χ3v) is 4.36. The Morgan fingerprint density at radius 1 is 1.24 bits per heavy atom. The summed E-state index contributed by atoms with van der Waals surface area (Å²) in [5.41, 5.74) is 8.95. The quantitative estimate of drug-likeness (QED) is 0.836. The van der Waals surface area contributed by atoms with E-state index in [-0.39, 0.29) is 18.4 Å². The highest BCUT2D eigenvalue weighted by Crippen LogP contribution is 2.35. The van der Waals surface area contributed by atoms with E-state index in [1.165, 1.54) is 47.7 Å². The average Bonchev–Trinajstić information content (AvgIpc) is 2.29. The molecule has 1 saturated carbocycles. The van der Waals surface area contributed by atoms with Gasteiger partial charge in [-0.05, 0) is 42.9 Å². The Morgan fingerprint density at radius 2 is 1.88 bits per heavy atom. The van der Waals surface area contributed by atoms with Crippen molar-refractivity contribution >= 4 is 28.3 Å². The van der Waals surface area contributed by atoms with Crippen molar-refractivity contribution in [1.82, 2.24) is 0 Å². The number of hydrogen-bond donors (Lipinski definition) is 1. The molecule has 0 saturated heterocycles. The van der Waals surface area contributed by atoms with E-state index >= 15 is 0 Å². The fourth-order valence-electron chi connectivity index (χ4n) is 2.65. The van der Waals surface area contributed by atoms with E-state index in [1.807, 2.05) is 0 Å². The molecule has 1 aromatic rings. The third-order valence-electron chi connectivity index (χ3n) is 3.67. The topological polar surface area (TPSA) is 26.0 Å². The fraction of sp³-hybridized carbons (Fsp3) is 0.571. The summed E-state index contributed by atoms with van der Waals surface area (Å²) in [6.07, 6.45) is 6.67. The largest absolute Gasteiger partial charge is 0.324 e. The summed E-state index contributed by atoms with van der Waals surface area (Å²) in [5.74, 6) is 0.674. The van der Waals surface area contributed by atoms with Crippen molar-refractivity contribution in [3.8, 4) is 0 Å². The van der Waals surface area contributed by atoms with Gasteiger partial charge in [-0.1, -0.05) is 47.3 Å². The summed E-state index contributed by atoms with van der Waals surface area (Å²) in [4.78, 5) is 0. The summed E-state index contributed by atoms with van der Waals surface area (Å²) in [7, 11) is 0. The Balaban J connectivity index is 0.00000144. The molecule has 1 atom stereocenters. The van der Waals surface area contributed by atoms with Crippen molar-refractivity contribution < 1.29 is 0 Å². The van der Waals surface area contributed by atoms with Crippen LogP contribution in [0.3, 0.4) is 0 Å². The summed E-state index contributed by atoms with van der Waals surface area (Å²) in [6, 6.07) is 6.70. The molecule has 1 nitrogen and oxygen atoms in total. The lowest BCUT2D eigenvalue weighted by molar-refractivity contribution is 0.307. The first-order chi connectivity index (χ1) is 7.68. The van der Waals surface area contributed by atoms with Crippen LogP contribution >= 0.6 is 28.3 Å². The van der Waals surface area contributed by atoms with Crippen molar-refractivity contribution in [2.45, 2.75) is 45.1 Å². The molecule has 0 radical (unpaired) electrons. The van der Waals surface area contributed by atoms with Gasteiger partial charge in [-0.2, -0.15) is 0 Å². The summed E-state index contributed by atoms with van der Waals surface area (Å²) >= 11 is 3.63. The molecule has 0 aromatic heterocycles. The van der Waals surface area contributed by atoms with Crippen LogP contribution in [0.15, 0.2) is 22.7 Å². The molecule has 2 rings (SSSR count). The molecule has 0 heterocycles. The minimum Gasteiger partial charge on any atom is -0.324 e. The lowest BCUT2D eigenvalue weighted by atomic mass is 9.81. The Kier molecular flexibility index (Phi) is 5.98. The molecule has 17 heavy (non-hydrogen) atoms. The molecule has 0 bridgehead atoms. The van der Waals surface area contributed by atoms with E-state index in [1.54, 1.807) is 0 Å². The highest BCUT2D eigenvalue weighted by molar-refractivity contribution is 9.10. The molecule has 1 aliphatic carbocycles. The molecule has 1 aliphatic rings. The zero-order chi connectivity index (χ0) is 11.5. The Bertz CT molecular complexity index is 361. The Morgan fingerprint density at radius 3 is 2.47 bits per heavy atom. The van der Waals surface area contributed by atoms with Gasteiger partial charge < -0.3 is 5.73 Å². The maximum atomic E-state index is 6.39. The van der Waals surface area contributed by atoms with Crippen LogP contribution in [-0.2, 0) is 0 Å². The zero-order valence-electron chi connectivity index (χ0n) is 10.3. The number of rotatable bonds is 2. The normalized spacial score (nSPS) is 18.5. The summed E-state index contributed by atoms with van der Waals surface area (Å²) < 4.78 is 1.17. The van der Waals surface area contributed by atoms with Gasteiger partial charge in [-0.25, -0.2) is 0 Å². The zero-order valence-corrected chi connectivity index (χ0v) is 12.7. The molecule has 3 heteroatoms. The van der Waals surface area contributed by atoms with Crippen molar-refractivity contribution in [3.05, 3.63) is 33.8 Å². The minimum absolute atomic E-state index is 0. The maximum absolute atomic E-state index is 6.39. The van der Waals surface area contributed by atoms with Crippen molar-refractivity contribution in [2.75, 3.05) is 0 Å². The number of aryl methyl sites for hydroxylation is 1. The van der Waals surface area contributed by atoms with E-state index < -0.39 is 0 Å². The van der Waals surface area contributed by atoms with E-state index in [0.717, 1.165) is 0 Å². The van der Waals surface area contributed by atoms with Gasteiger partial charge >= 0.3 is 0 Å². The minimum atomic E-state index is 0. The molecular formula is C14H21BrClN. The Labute approximate surface area is 119 Å². The van der Waals surface area contributed by atoms with Crippen LogP contribution < -0.4 is 5.73 Å². The van der Waals surface area contributed by atoms with Gasteiger partial charge in [-0.3, -0.25) is 0 Å². The van der Waals surface area contributed by atoms with Crippen LogP contribution in [-0.4, -0.2) is 0 Å². The van der Waals surface area contributed by atoms with Crippen LogP contribution in [0, 0.1) is 12.8 Å². The molecule has 96 valence electrons. The monoisotopic (exact) mass is 317 g/mol. The number of hydrogen-bond acceptors (Lipinski definition) is 1. The van der Waals surface area contributed by atoms with Gasteiger partial charge in [-0.15, -0.1) is 12.4 Å². The summed E-state index contributed by atoms with van der Waals surface area (Å²) in [5, 5.41) is 0. The van der Waals surface area contributed by atoms with Crippen LogP contribution in [0.1, 0.15) is 49.3 Å². The standard InChI is InChI=1S/C14H20BrN.ClH/c1-10-7-8-12(13(15)9-10)14(16)11-5-3-2-4-6-11;/h7-9,11,14H,2-6,16H2,1H3;1H/t14-;/m1./s1. The molecule has 0 spiro atoms. The maximum Gasteiger partial charge on any atom is 0.0334 e. The fourth-order valence-corrected chi connectivity index (χ4v) is 3.41. The van der Waals surface area contributed by atoms with Gasteiger partial charge in [0.2, 0.25) is 0 Å². The van der Waals surface area contributed by atoms with E-state index in [9.17, 15) is 0 Å². The van der Waals surface area contributed by atoms with Gasteiger partial charge in [0.25, 0.3) is 0 Å².